The van der Waals surface area contributed by atoms with Gasteiger partial charge in [0.25, 0.3) is 5.91 Å². The fourth-order valence-electron chi connectivity index (χ4n) is 4.15. The Hall–Kier alpha value is -1.84. The van der Waals surface area contributed by atoms with Crippen LogP contribution in [0.5, 0.6) is 0 Å². The Morgan fingerprint density at radius 2 is 1.61 bits per heavy atom. The SMILES string of the molecule is COC(=O)c1ccc(C(=O)N[C@@H]2CC[C@@H]3CCCC[C@@H]3C2)cc1. The van der Waals surface area contributed by atoms with E-state index in [1.165, 1.54) is 39.2 Å². The third-order valence-corrected chi connectivity index (χ3v) is 5.44. The summed E-state index contributed by atoms with van der Waals surface area (Å²) in [4.78, 5) is 23.8. The van der Waals surface area contributed by atoms with Crippen molar-refractivity contribution in [3.8, 4) is 0 Å². The van der Waals surface area contributed by atoms with Crippen LogP contribution in [0.1, 0.15) is 65.7 Å². The lowest BCUT2D eigenvalue weighted by atomic mass is 9.69. The maximum atomic E-state index is 12.4. The van der Waals surface area contributed by atoms with Crippen molar-refractivity contribution >= 4 is 11.9 Å². The van der Waals surface area contributed by atoms with E-state index < -0.39 is 0 Å². The molecule has 4 nitrogen and oxygen atoms in total. The van der Waals surface area contributed by atoms with E-state index >= 15 is 0 Å². The van der Waals surface area contributed by atoms with Gasteiger partial charge in [0, 0.05) is 11.6 Å². The van der Waals surface area contributed by atoms with Gasteiger partial charge < -0.3 is 10.1 Å². The maximum Gasteiger partial charge on any atom is 0.337 e. The van der Waals surface area contributed by atoms with E-state index in [9.17, 15) is 9.59 Å². The van der Waals surface area contributed by atoms with Crippen LogP contribution in [-0.2, 0) is 4.74 Å². The van der Waals surface area contributed by atoms with Crippen LogP contribution in [-0.4, -0.2) is 25.0 Å². The average molecular weight is 315 g/mol. The predicted molar refractivity (Wildman–Crippen MR) is 88.3 cm³/mol. The maximum absolute atomic E-state index is 12.4. The molecule has 0 radical (unpaired) electrons. The van der Waals surface area contributed by atoms with Gasteiger partial charge >= 0.3 is 5.97 Å². The molecule has 0 aliphatic heterocycles. The summed E-state index contributed by atoms with van der Waals surface area (Å²) in [5.74, 6) is 1.26. The van der Waals surface area contributed by atoms with Crippen molar-refractivity contribution in [1.82, 2.24) is 5.32 Å². The van der Waals surface area contributed by atoms with Gasteiger partial charge in [0.1, 0.15) is 0 Å². The number of benzene rings is 1. The van der Waals surface area contributed by atoms with Gasteiger partial charge in [-0.3, -0.25) is 4.79 Å². The van der Waals surface area contributed by atoms with Crippen LogP contribution in [0.3, 0.4) is 0 Å². The summed E-state index contributed by atoms with van der Waals surface area (Å²) in [5, 5.41) is 3.18. The summed E-state index contributed by atoms with van der Waals surface area (Å²) in [6.07, 6.45) is 8.88. The molecule has 1 amide bonds. The van der Waals surface area contributed by atoms with E-state index in [1.54, 1.807) is 24.3 Å². The van der Waals surface area contributed by atoms with Crippen molar-refractivity contribution < 1.29 is 14.3 Å². The van der Waals surface area contributed by atoms with Crippen LogP contribution in [0.4, 0.5) is 0 Å². The second-order valence-corrected chi connectivity index (χ2v) is 6.86. The zero-order valence-electron chi connectivity index (χ0n) is 13.7. The Morgan fingerprint density at radius 3 is 2.30 bits per heavy atom. The number of hydrogen-bond acceptors (Lipinski definition) is 3. The van der Waals surface area contributed by atoms with Gasteiger partial charge in [0.2, 0.25) is 0 Å². The first-order chi connectivity index (χ1) is 11.2. The summed E-state index contributed by atoms with van der Waals surface area (Å²) in [6, 6.07) is 6.95. The smallest absolute Gasteiger partial charge is 0.337 e. The number of amides is 1. The van der Waals surface area contributed by atoms with Gasteiger partial charge in [-0.25, -0.2) is 4.79 Å². The molecule has 0 heterocycles. The summed E-state index contributed by atoms with van der Waals surface area (Å²) in [5.41, 5.74) is 1.06. The van der Waals surface area contributed by atoms with Crippen molar-refractivity contribution in [3.05, 3.63) is 35.4 Å². The zero-order chi connectivity index (χ0) is 16.2. The second-order valence-electron chi connectivity index (χ2n) is 6.86. The molecule has 0 unspecified atom stereocenters. The molecule has 1 aromatic carbocycles. The summed E-state index contributed by atoms with van der Waals surface area (Å²) >= 11 is 0. The fraction of sp³-hybridized carbons (Fsp3) is 0.579. The van der Waals surface area contributed by atoms with E-state index in [-0.39, 0.29) is 11.9 Å². The first-order valence-electron chi connectivity index (χ1n) is 8.66. The molecule has 23 heavy (non-hydrogen) atoms. The van der Waals surface area contributed by atoms with Crippen molar-refractivity contribution in [1.29, 1.82) is 0 Å². The van der Waals surface area contributed by atoms with Crippen molar-refractivity contribution in [2.45, 2.75) is 51.0 Å². The minimum absolute atomic E-state index is 0.0410. The molecule has 0 aromatic heterocycles. The number of rotatable bonds is 3. The minimum Gasteiger partial charge on any atom is -0.465 e. The van der Waals surface area contributed by atoms with Gasteiger partial charge in [0.15, 0.2) is 0 Å². The molecule has 4 heteroatoms. The Kier molecular flexibility index (Phi) is 4.99. The molecular weight excluding hydrogens is 290 g/mol. The van der Waals surface area contributed by atoms with E-state index in [0.29, 0.717) is 17.2 Å². The standard InChI is InChI=1S/C19H25NO3/c1-23-19(22)15-8-6-14(7-9-15)18(21)20-17-11-10-13-4-2-3-5-16(13)12-17/h6-9,13,16-17H,2-5,10-12H2,1H3,(H,20,21)/t13-,16+,17+/m0/s1. The van der Waals surface area contributed by atoms with Crippen molar-refractivity contribution in [2.75, 3.05) is 7.11 Å². The molecular formula is C19H25NO3. The first-order valence-corrected chi connectivity index (χ1v) is 8.66. The van der Waals surface area contributed by atoms with E-state index in [4.69, 9.17) is 0 Å². The van der Waals surface area contributed by atoms with Crippen molar-refractivity contribution in [2.24, 2.45) is 11.8 Å². The predicted octanol–water partition coefficient (Wildman–Crippen LogP) is 3.56. The molecule has 1 aromatic rings. The number of carbonyl (C=O) groups excluding carboxylic acids is 2. The summed E-state index contributed by atoms with van der Waals surface area (Å²) in [7, 11) is 1.35. The largest absolute Gasteiger partial charge is 0.465 e. The van der Waals surface area contributed by atoms with Crippen molar-refractivity contribution in [3.63, 3.8) is 0 Å². The lowest BCUT2D eigenvalue weighted by molar-refractivity contribution is 0.0600. The number of nitrogens with one attached hydrogen (secondary N) is 1. The molecule has 124 valence electrons. The summed E-state index contributed by atoms with van der Waals surface area (Å²) < 4.78 is 4.67. The van der Waals surface area contributed by atoms with E-state index in [1.807, 2.05) is 0 Å². The minimum atomic E-state index is -0.382. The lowest BCUT2D eigenvalue weighted by Gasteiger charge is -2.39. The number of methoxy groups -OCH3 is 1. The monoisotopic (exact) mass is 315 g/mol. The quantitative estimate of drug-likeness (QED) is 0.868. The molecule has 2 fully saturated rings. The van der Waals surface area contributed by atoms with Crippen LogP contribution in [0.15, 0.2) is 24.3 Å². The topological polar surface area (TPSA) is 55.4 Å². The number of ether oxygens (including phenoxy) is 1. The van der Waals surface area contributed by atoms with Crippen LogP contribution in [0.2, 0.25) is 0 Å². The van der Waals surface area contributed by atoms with Gasteiger partial charge in [0.05, 0.1) is 12.7 Å². The Morgan fingerprint density at radius 1 is 0.957 bits per heavy atom. The fourth-order valence-corrected chi connectivity index (χ4v) is 4.15. The van der Waals surface area contributed by atoms with Crippen LogP contribution >= 0.6 is 0 Å². The highest BCUT2D eigenvalue weighted by Crippen LogP contribution is 2.40. The molecule has 2 saturated carbocycles. The van der Waals surface area contributed by atoms with Gasteiger partial charge in [-0.05, 0) is 55.4 Å². The second kappa shape index (κ2) is 7.16. The summed E-state index contributed by atoms with van der Waals surface area (Å²) in [6.45, 7) is 0. The van der Waals surface area contributed by atoms with E-state index in [0.717, 1.165) is 24.7 Å². The lowest BCUT2D eigenvalue weighted by Crippen LogP contribution is -2.41. The van der Waals surface area contributed by atoms with E-state index in [2.05, 4.69) is 10.1 Å². The first kappa shape index (κ1) is 16.0. The van der Waals surface area contributed by atoms with Crippen LogP contribution in [0, 0.1) is 11.8 Å². The third kappa shape index (κ3) is 3.74. The highest BCUT2D eigenvalue weighted by Gasteiger charge is 2.32. The number of fused-ring (bicyclic) bond motifs is 1. The molecule has 2 aliphatic rings. The Bertz CT molecular complexity index is 566. The molecule has 3 rings (SSSR count). The van der Waals surface area contributed by atoms with Crippen LogP contribution in [0.25, 0.3) is 0 Å². The number of esters is 1. The molecule has 0 bridgehead atoms. The molecule has 1 N–H and O–H groups in total. The highest BCUT2D eigenvalue weighted by atomic mass is 16.5. The zero-order valence-corrected chi connectivity index (χ0v) is 13.7. The third-order valence-electron chi connectivity index (χ3n) is 5.44. The molecule has 2 aliphatic carbocycles. The van der Waals surface area contributed by atoms with Gasteiger partial charge in [-0.15, -0.1) is 0 Å². The molecule has 0 spiro atoms. The van der Waals surface area contributed by atoms with Crippen LogP contribution < -0.4 is 5.32 Å². The molecule has 0 saturated heterocycles. The highest BCUT2D eigenvalue weighted by molar-refractivity contribution is 5.96. The van der Waals surface area contributed by atoms with Gasteiger partial charge in [-0.1, -0.05) is 25.7 Å². The Balaban J connectivity index is 1.57. The average Bonchev–Trinajstić information content (AvgIpc) is 2.61. The van der Waals surface area contributed by atoms with Gasteiger partial charge in [-0.2, -0.15) is 0 Å². The normalized spacial score (nSPS) is 26.9. The number of hydrogen-bond donors (Lipinski definition) is 1. The Labute approximate surface area is 137 Å². The molecule has 3 atom stereocenters. The number of carbonyl (C=O) groups is 2.